The molecule has 0 saturated heterocycles. The van der Waals surface area contributed by atoms with Crippen molar-refractivity contribution in [2.45, 2.75) is 26.1 Å². The quantitative estimate of drug-likeness (QED) is 0.318. The Bertz CT molecular complexity index is 1500. The highest BCUT2D eigenvalue weighted by Gasteiger charge is 2.18. The van der Waals surface area contributed by atoms with Gasteiger partial charge in [0.25, 0.3) is 0 Å². The molecule has 3 aromatic heterocycles. The summed E-state index contributed by atoms with van der Waals surface area (Å²) in [6.45, 7) is 3.93. The number of fused-ring (bicyclic) bond motifs is 2. The molecule has 2 aromatic carbocycles. The summed E-state index contributed by atoms with van der Waals surface area (Å²) in [4.78, 5) is 13.0. The molecular formula is C24H23FN6O3S. The van der Waals surface area contributed by atoms with Crippen molar-refractivity contribution in [3.8, 4) is 11.4 Å². The molecule has 0 spiro atoms. The van der Waals surface area contributed by atoms with Gasteiger partial charge in [0.05, 0.1) is 56.9 Å². The summed E-state index contributed by atoms with van der Waals surface area (Å²) in [6, 6.07) is 7.03. The molecule has 0 amide bonds. The van der Waals surface area contributed by atoms with Crippen LogP contribution in [0.25, 0.3) is 26.8 Å². The van der Waals surface area contributed by atoms with Crippen molar-refractivity contribution in [1.82, 2.24) is 24.7 Å². The molecule has 3 heterocycles. The average molecular weight is 495 g/mol. The Morgan fingerprint density at radius 3 is 2.80 bits per heavy atom. The highest BCUT2D eigenvalue weighted by atomic mass is 32.1. The zero-order valence-electron chi connectivity index (χ0n) is 19.3. The molecule has 9 nitrogen and oxygen atoms in total. The predicted molar refractivity (Wildman–Crippen MR) is 132 cm³/mol. The van der Waals surface area contributed by atoms with E-state index >= 15 is 4.39 Å². The molecule has 0 aliphatic heterocycles. The van der Waals surface area contributed by atoms with E-state index in [9.17, 15) is 5.11 Å². The second-order valence-electron chi connectivity index (χ2n) is 8.09. The smallest absolute Gasteiger partial charge is 0.166 e. The van der Waals surface area contributed by atoms with Crippen LogP contribution in [0.4, 0.5) is 15.9 Å². The predicted octanol–water partition coefficient (Wildman–Crippen LogP) is 4.77. The molecule has 5 aromatic rings. The number of anilines is 2. The lowest BCUT2D eigenvalue weighted by molar-refractivity contribution is 0.0931. The fourth-order valence-electron chi connectivity index (χ4n) is 3.76. The van der Waals surface area contributed by atoms with E-state index in [0.717, 1.165) is 0 Å². The number of thiazole rings is 1. The fraction of sp³-hybridized carbons (Fsp3) is 0.250. The number of benzene rings is 2. The molecule has 0 aliphatic carbocycles. The molecular weight excluding hydrogens is 471 g/mol. The third-order valence-electron chi connectivity index (χ3n) is 5.46. The van der Waals surface area contributed by atoms with Gasteiger partial charge in [-0.05, 0) is 32.0 Å². The average Bonchev–Trinajstić information content (AvgIpc) is 3.51. The van der Waals surface area contributed by atoms with Crippen molar-refractivity contribution >= 4 is 44.0 Å². The number of nitrogens with one attached hydrogen (secondary N) is 1. The van der Waals surface area contributed by atoms with Gasteiger partial charge < -0.3 is 19.9 Å². The van der Waals surface area contributed by atoms with Crippen LogP contribution in [0.5, 0.6) is 5.75 Å². The fourth-order valence-corrected chi connectivity index (χ4v) is 4.49. The zero-order chi connectivity index (χ0) is 24.5. The second-order valence-corrected chi connectivity index (χ2v) is 8.95. The minimum absolute atomic E-state index is 0.273. The van der Waals surface area contributed by atoms with Gasteiger partial charge in [0.2, 0.25) is 0 Å². The standard InChI is InChI=1S/C24H23FN6O3S/c1-13(10-33-3)34-20-7-16(31-9-15(8-29-31)14(2)32)6-19-21(20)24(27-11-26-19)30-17-4-5-18-23(22(17)25)35-12-28-18/h4-9,11-14,32H,10H2,1-3H3,(H,26,27,30)/t13-,14?/m1/s1. The summed E-state index contributed by atoms with van der Waals surface area (Å²) in [5.74, 6) is 0.485. The number of nitrogens with zero attached hydrogens (tertiary/aromatic N) is 5. The minimum atomic E-state index is -0.648. The van der Waals surface area contributed by atoms with Gasteiger partial charge in [-0.15, -0.1) is 11.3 Å². The molecule has 1 unspecified atom stereocenters. The number of aliphatic hydroxyl groups excluding tert-OH is 1. The van der Waals surface area contributed by atoms with E-state index < -0.39 is 11.9 Å². The summed E-state index contributed by atoms with van der Waals surface area (Å²) in [5.41, 5.74) is 4.43. The van der Waals surface area contributed by atoms with Gasteiger partial charge in [-0.2, -0.15) is 5.10 Å². The summed E-state index contributed by atoms with van der Waals surface area (Å²) in [6.07, 6.45) is 3.83. The number of ether oxygens (including phenoxy) is 2. The lowest BCUT2D eigenvalue weighted by atomic mass is 10.1. The Morgan fingerprint density at radius 1 is 1.17 bits per heavy atom. The summed E-state index contributed by atoms with van der Waals surface area (Å²) < 4.78 is 28.7. The molecule has 0 saturated carbocycles. The first-order valence-electron chi connectivity index (χ1n) is 10.9. The van der Waals surface area contributed by atoms with Gasteiger partial charge in [0.1, 0.15) is 24.0 Å². The minimum Gasteiger partial charge on any atom is -0.487 e. The van der Waals surface area contributed by atoms with Crippen LogP contribution < -0.4 is 10.1 Å². The van der Waals surface area contributed by atoms with E-state index in [-0.39, 0.29) is 11.8 Å². The van der Waals surface area contributed by atoms with E-state index in [1.807, 2.05) is 19.1 Å². The molecule has 0 radical (unpaired) electrons. The molecule has 11 heteroatoms. The van der Waals surface area contributed by atoms with Crippen LogP contribution in [0.15, 0.2) is 48.5 Å². The first-order chi connectivity index (χ1) is 16.9. The van der Waals surface area contributed by atoms with Gasteiger partial charge in [-0.25, -0.2) is 24.0 Å². The number of rotatable bonds is 8. The Morgan fingerprint density at radius 2 is 2.03 bits per heavy atom. The van der Waals surface area contributed by atoms with Crippen LogP contribution in [0, 0.1) is 5.82 Å². The molecule has 5 rings (SSSR count). The first kappa shape index (κ1) is 23.1. The molecule has 2 atom stereocenters. The second kappa shape index (κ2) is 9.53. The number of halogens is 1. The van der Waals surface area contributed by atoms with Crippen LogP contribution in [0.2, 0.25) is 0 Å². The SMILES string of the molecule is COC[C@@H](C)Oc1cc(-n2cc(C(C)O)cn2)cc2ncnc(Nc3ccc4ncsc4c3F)c12. The van der Waals surface area contributed by atoms with Crippen LogP contribution in [0.1, 0.15) is 25.5 Å². The molecule has 0 aliphatic rings. The number of methoxy groups -OCH3 is 1. The van der Waals surface area contributed by atoms with Crippen molar-refractivity contribution in [3.05, 3.63) is 59.9 Å². The van der Waals surface area contributed by atoms with Crippen molar-refractivity contribution in [2.75, 3.05) is 19.0 Å². The number of aliphatic hydroxyl groups is 1. The topological polar surface area (TPSA) is 107 Å². The maximum Gasteiger partial charge on any atom is 0.166 e. The van der Waals surface area contributed by atoms with Gasteiger partial charge in [-0.3, -0.25) is 0 Å². The van der Waals surface area contributed by atoms with Crippen molar-refractivity contribution in [1.29, 1.82) is 0 Å². The maximum absolute atomic E-state index is 15.1. The van der Waals surface area contributed by atoms with Crippen LogP contribution in [-0.2, 0) is 4.74 Å². The van der Waals surface area contributed by atoms with Gasteiger partial charge in [0.15, 0.2) is 5.82 Å². The monoisotopic (exact) mass is 494 g/mol. The van der Waals surface area contributed by atoms with Crippen LogP contribution >= 0.6 is 11.3 Å². The van der Waals surface area contributed by atoms with E-state index in [1.54, 1.807) is 48.8 Å². The molecule has 2 N–H and O–H groups in total. The van der Waals surface area contributed by atoms with E-state index in [2.05, 4.69) is 25.4 Å². The Kier molecular flexibility index (Phi) is 6.29. The Balaban J connectivity index is 1.63. The molecule has 0 fully saturated rings. The van der Waals surface area contributed by atoms with Gasteiger partial charge in [-0.1, -0.05) is 0 Å². The highest BCUT2D eigenvalue weighted by molar-refractivity contribution is 7.16. The first-order valence-corrected chi connectivity index (χ1v) is 11.8. The Hall–Kier alpha value is -3.67. The summed E-state index contributed by atoms with van der Waals surface area (Å²) in [7, 11) is 1.60. The number of hydrogen-bond acceptors (Lipinski definition) is 9. The van der Waals surface area contributed by atoms with E-state index in [1.165, 1.54) is 17.7 Å². The maximum atomic E-state index is 15.1. The molecule has 180 valence electrons. The van der Waals surface area contributed by atoms with Gasteiger partial charge in [0, 0.05) is 24.9 Å². The van der Waals surface area contributed by atoms with Crippen molar-refractivity contribution in [3.63, 3.8) is 0 Å². The number of aromatic nitrogens is 5. The third-order valence-corrected chi connectivity index (χ3v) is 6.29. The summed E-state index contributed by atoms with van der Waals surface area (Å²) >= 11 is 1.24. The van der Waals surface area contributed by atoms with E-state index in [4.69, 9.17) is 9.47 Å². The van der Waals surface area contributed by atoms with Crippen LogP contribution in [-0.4, -0.2) is 49.7 Å². The summed E-state index contributed by atoms with van der Waals surface area (Å²) in [5, 5.41) is 17.9. The van der Waals surface area contributed by atoms with Crippen molar-refractivity contribution in [2.24, 2.45) is 0 Å². The largest absolute Gasteiger partial charge is 0.487 e. The normalized spacial score (nSPS) is 13.3. The van der Waals surface area contributed by atoms with Gasteiger partial charge >= 0.3 is 0 Å². The van der Waals surface area contributed by atoms with Crippen molar-refractivity contribution < 1.29 is 19.0 Å². The van der Waals surface area contributed by atoms with Crippen LogP contribution in [0.3, 0.4) is 0 Å². The molecule has 35 heavy (non-hydrogen) atoms. The van der Waals surface area contributed by atoms with E-state index in [0.29, 0.717) is 50.5 Å². The highest BCUT2D eigenvalue weighted by Crippen LogP contribution is 2.36. The third kappa shape index (κ3) is 4.53. The lowest BCUT2D eigenvalue weighted by Crippen LogP contribution is -2.18. The zero-order valence-corrected chi connectivity index (χ0v) is 20.1. The molecule has 0 bridgehead atoms. The Labute approximate surface area is 204 Å². The number of hydrogen-bond donors (Lipinski definition) is 2. The lowest BCUT2D eigenvalue weighted by Gasteiger charge is -2.18.